The second kappa shape index (κ2) is 6.40. The lowest BCUT2D eigenvalue weighted by Crippen LogP contribution is -2.56. The number of rotatable bonds is 2. The van der Waals surface area contributed by atoms with Crippen LogP contribution >= 0.6 is 0 Å². The minimum Gasteiger partial charge on any atom is -0.399 e. The summed E-state index contributed by atoms with van der Waals surface area (Å²) in [6.07, 6.45) is -1.15. The van der Waals surface area contributed by atoms with Gasteiger partial charge in [0, 0.05) is 36.7 Å². The average molecular weight is 377 g/mol. The number of carbonyl (C=O) groups excluding carboxylic acids is 1. The molecule has 6 nitrogen and oxygen atoms in total. The number of nitrogens with two attached hydrogens (primary N) is 1. The number of nitrogens with zero attached hydrogens (tertiary/aromatic N) is 4. The van der Waals surface area contributed by atoms with Crippen LogP contribution in [-0.2, 0) is 6.18 Å². The number of aromatic nitrogens is 2. The Labute approximate surface area is 153 Å². The Hall–Kier alpha value is -2.84. The highest BCUT2D eigenvalue weighted by molar-refractivity contribution is 5.95. The van der Waals surface area contributed by atoms with Crippen molar-refractivity contribution >= 4 is 17.5 Å². The maximum atomic E-state index is 12.9. The third-order valence-electron chi connectivity index (χ3n) is 5.12. The molecule has 2 aliphatic heterocycles. The van der Waals surface area contributed by atoms with E-state index < -0.39 is 11.7 Å². The van der Waals surface area contributed by atoms with Crippen molar-refractivity contribution in [3.05, 3.63) is 47.8 Å². The van der Waals surface area contributed by atoms with E-state index in [4.69, 9.17) is 5.73 Å². The number of amides is 1. The fourth-order valence-electron chi connectivity index (χ4n) is 3.80. The van der Waals surface area contributed by atoms with Crippen LogP contribution in [0.2, 0.25) is 0 Å². The van der Waals surface area contributed by atoms with E-state index in [1.54, 1.807) is 24.3 Å². The number of alkyl halides is 3. The molecule has 2 atom stereocenters. The van der Waals surface area contributed by atoms with Gasteiger partial charge < -0.3 is 15.5 Å². The van der Waals surface area contributed by atoms with Gasteiger partial charge in [-0.3, -0.25) is 4.79 Å². The van der Waals surface area contributed by atoms with Crippen LogP contribution in [0, 0.1) is 0 Å². The van der Waals surface area contributed by atoms with E-state index >= 15 is 0 Å². The van der Waals surface area contributed by atoms with Crippen LogP contribution in [0.4, 0.5) is 24.8 Å². The minimum absolute atomic E-state index is 0.0142. The number of piperazine rings is 1. The molecular weight excluding hydrogens is 359 g/mol. The number of hydrogen-bond donors (Lipinski definition) is 1. The molecule has 2 bridgehead atoms. The zero-order valence-corrected chi connectivity index (χ0v) is 14.4. The lowest BCUT2D eigenvalue weighted by Gasteiger charge is -2.41. The van der Waals surface area contributed by atoms with Crippen molar-refractivity contribution in [2.24, 2.45) is 0 Å². The number of benzene rings is 1. The van der Waals surface area contributed by atoms with Crippen molar-refractivity contribution in [2.45, 2.75) is 31.1 Å². The monoisotopic (exact) mass is 377 g/mol. The van der Waals surface area contributed by atoms with Gasteiger partial charge in [0.15, 0.2) is 0 Å². The van der Waals surface area contributed by atoms with Gasteiger partial charge in [-0.2, -0.15) is 13.2 Å². The number of hydrogen-bond acceptors (Lipinski definition) is 5. The molecule has 1 amide bonds. The Bertz CT molecular complexity index is 824. The Balaban J connectivity index is 1.50. The first-order valence-corrected chi connectivity index (χ1v) is 8.65. The largest absolute Gasteiger partial charge is 0.419 e. The fraction of sp³-hybridized carbons (Fsp3) is 0.389. The summed E-state index contributed by atoms with van der Waals surface area (Å²) >= 11 is 0. The molecule has 2 aromatic rings. The molecule has 3 heterocycles. The minimum atomic E-state index is -4.46. The van der Waals surface area contributed by atoms with Gasteiger partial charge in [-0.15, -0.1) is 0 Å². The second-order valence-electron chi connectivity index (χ2n) is 6.89. The third-order valence-corrected chi connectivity index (χ3v) is 5.12. The summed E-state index contributed by atoms with van der Waals surface area (Å²) in [6, 6.07) is 6.78. The predicted octanol–water partition coefficient (Wildman–Crippen LogP) is 2.57. The summed E-state index contributed by atoms with van der Waals surface area (Å²) in [5.41, 5.74) is 5.99. The maximum absolute atomic E-state index is 12.9. The molecule has 2 saturated heterocycles. The highest BCUT2D eigenvalue weighted by Gasteiger charge is 2.43. The van der Waals surface area contributed by atoms with Crippen molar-refractivity contribution in [1.29, 1.82) is 0 Å². The van der Waals surface area contributed by atoms with Crippen LogP contribution < -0.4 is 10.6 Å². The van der Waals surface area contributed by atoms with Crippen LogP contribution in [0.15, 0.2) is 36.7 Å². The van der Waals surface area contributed by atoms with Crippen LogP contribution in [0.3, 0.4) is 0 Å². The molecule has 2 unspecified atom stereocenters. The fourth-order valence-corrected chi connectivity index (χ4v) is 3.80. The van der Waals surface area contributed by atoms with Gasteiger partial charge >= 0.3 is 6.18 Å². The topological polar surface area (TPSA) is 75.4 Å². The predicted molar refractivity (Wildman–Crippen MR) is 93.1 cm³/mol. The van der Waals surface area contributed by atoms with Crippen molar-refractivity contribution in [3.63, 3.8) is 0 Å². The van der Waals surface area contributed by atoms with Gasteiger partial charge in [0.2, 0.25) is 5.95 Å². The molecule has 4 rings (SSSR count). The van der Waals surface area contributed by atoms with E-state index in [2.05, 4.69) is 9.97 Å². The smallest absolute Gasteiger partial charge is 0.399 e. The summed E-state index contributed by atoms with van der Waals surface area (Å²) in [4.78, 5) is 24.4. The van der Waals surface area contributed by atoms with E-state index in [0.29, 0.717) is 24.3 Å². The first-order valence-electron chi connectivity index (χ1n) is 8.65. The molecule has 2 N–H and O–H groups in total. The highest BCUT2D eigenvalue weighted by atomic mass is 19.4. The van der Waals surface area contributed by atoms with E-state index in [-0.39, 0.29) is 23.9 Å². The van der Waals surface area contributed by atoms with E-state index in [1.165, 1.54) is 0 Å². The summed E-state index contributed by atoms with van der Waals surface area (Å²) in [6.45, 7) is 1.01. The molecule has 0 saturated carbocycles. The molecule has 2 fully saturated rings. The normalized spacial score (nSPS) is 22.2. The van der Waals surface area contributed by atoms with E-state index in [1.807, 2.05) is 9.80 Å². The SMILES string of the molecule is Nc1ccc(C(=O)N2C3CCC2CN(c2ncc(C(F)(F)F)cn2)C3)cc1. The average Bonchev–Trinajstić information content (AvgIpc) is 2.90. The molecule has 142 valence electrons. The van der Waals surface area contributed by atoms with Crippen LogP contribution in [0.5, 0.6) is 0 Å². The molecule has 0 aliphatic carbocycles. The molecule has 2 aliphatic rings. The quantitative estimate of drug-likeness (QED) is 0.815. The standard InChI is InChI=1S/C18H18F3N5O/c19-18(20,21)12-7-23-17(24-8-12)25-9-14-5-6-15(10-25)26(14)16(27)11-1-3-13(22)4-2-11/h1-4,7-8,14-15H,5-6,9-10,22H2. The van der Waals surface area contributed by atoms with E-state index in [0.717, 1.165) is 25.2 Å². The zero-order chi connectivity index (χ0) is 19.2. The summed E-state index contributed by atoms with van der Waals surface area (Å²) in [5, 5.41) is 0. The van der Waals surface area contributed by atoms with Crippen molar-refractivity contribution in [1.82, 2.24) is 14.9 Å². The summed E-state index contributed by atoms with van der Waals surface area (Å²) in [5.74, 6) is 0.218. The Morgan fingerprint density at radius 1 is 1.04 bits per heavy atom. The number of halogens is 3. The van der Waals surface area contributed by atoms with Crippen molar-refractivity contribution in [3.8, 4) is 0 Å². The van der Waals surface area contributed by atoms with Crippen LogP contribution in [0.25, 0.3) is 0 Å². The van der Waals surface area contributed by atoms with Gasteiger partial charge in [0.1, 0.15) is 0 Å². The molecular formula is C18H18F3N5O. The first kappa shape index (κ1) is 17.6. The lowest BCUT2D eigenvalue weighted by molar-refractivity contribution is -0.138. The van der Waals surface area contributed by atoms with Gasteiger partial charge in [-0.1, -0.05) is 0 Å². The van der Waals surface area contributed by atoms with Crippen molar-refractivity contribution < 1.29 is 18.0 Å². The van der Waals surface area contributed by atoms with Gasteiger partial charge in [0.25, 0.3) is 5.91 Å². The molecule has 9 heteroatoms. The number of carbonyl (C=O) groups is 1. The third kappa shape index (κ3) is 3.29. The number of anilines is 2. The number of nitrogen functional groups attached to an aromatic ring is 1. The summed E-state index contributed by atoms with van der Waals surface area (Å²) in [7, 11) is 0. The van der Waals surface area contributed by atoms with Gasteiger partial charge in [-0.05, 0) is 37.1 Å². The van der Waals surface area contributed by atoms with Gasteiger partial charge in [0.05, 0.1) is 17.6 Å². The highest BCUT2D eigenvalue weighted by Crippen LogP contribution is 2.34. The van der Waals surface area contributed by atoms with Gasteiger partial charge in [-0.25, -0.2) is 9.97 Å². The molecule has 0 radical (unpaired) electrons. The summed E-state index contributed by atoms with van der Waals surface area (Å²) < 4.78 is 38.0. The second-order valence-corrected chi connectivity index (χ2v) is 6.89. The maximum Gasteiger partial charge on any atom is 0.419 e. The Morgan fingerprint density at radius 2 is 1.59 bits per heavy atom. The molecule has 1 aromatic carbocycles. The molecule has 1 aromatic heterocycles. The van der Waals surface area contributed by atoms with Crippen LogP contribution in [-0.4, -0.2) is 45.9 Å². The first-order chi connectivity index (χ1) is 12.8. The molecule has 27 heavy (non-hydrogen) atoms. The van der Waals surface area contributed by atoms with Crippen molar-refractivity contribution in [2.75, 3.05) is 23.7 Å². The molecule has 0 spiro atoms. The van der Waals surface area contributed by atoms with E-state index in [9.17, 15) is 18.0 Å². The zero-order valence-electron chi connectivity index (χ0n) is 14.4. The number of fused-ring (bicyclic) bond motifs is 2. The Morgan fingerprint density at radius 3 is 2.11 bits per heavy atom. The lowest BCUT2D eigenvalue weighted by atomic mass is 10.1. The Kier molecular flexibility index (Phi) is 4.16. The van der Waals surface area contributed by atoms with Crippen LogP contribution in [0.1, 0.15) is 28.8 Å².